The molecule has 0 aliphatic rings. The molecule has 5 heteroatoms. The van der Waals surface area contributed by atoms with Gasteiger partial charge in [-0.25, -0.2) is 0 Å². The van der Waals surface area contributed by atoms with E-state index in [4.69, 9.17) is 9.84 Å². The van der Waals surface area contributed by atoms with Crippen LogP contribution < -0.4 is 5.32 Å². The summed E-state index contributed by atoms with van der Waals surface area (Å²) < 4.78 is 4.98. The first-order chi connectivity index (χ1) is 8.58. The first-order valence-corrected chi connectivity index (χ1v) is 6.72. The number of amides is 1. The molecule has 0 aromatic heterocycles. The minimum atomic E-state index is -0.0140. The van der Waals surface area contributed by atoms with Crippen LogP contribution >= 0.6 is 0 Å². The van der Waals surface area contributed by atoms with Gasteiger partial charge in [0, 0.05) is 25.7 Å². The van der Waals surface area contributed by atoms with Crippen LogP contribution in [0.1, 0.15) is 33.6 Å². The number of carbonyl (C=O) groups excluding carboxylic acids is 1. The van der Waals surface area contributed by atoms with E-state index in [9.17, 15) is 4.79 Å². The molecule has 5 nitrogen and oxygen atoms in total. The van der Waals surface area contributed by atoms with Crippen LogP contribution in [-0.2, 0) is 9.53 Å². The molecule has 0 aromatic carbocycles. The van der Waals surface area contributed by atoms with Gasteiger partial charge in [0.2, 0.25) is 5.91 Å². The first kappa shape index (κ1) is 17.4. The van der Waals surface area contributed by atoms with Gasteiger partial charge < -0.3 is 15.2 Å². The Hall–Kier alpha value is -0.650. The number of hydrogen-bond donors (Lipinski definition) is 2. The quantitative estimate of drug-likeness (QED) is 0.604. The average molecular weight is 260 g/mol. The summed E-state index contributed by atoms with van der Waals surface area (Å²) in [6.07, 6.45) is 1.97. The first-order valence-electron chi connectivity index (χ1n) is 6.72. The van der Waals surface area contributed by atoms with E-state index < -0.39 is 0 Å². The Kier molecular flexibility index (Phi) is 9.92. The Bertz CT molecular complexity index is 220. The average Bonchev–Trinajstić information content (AvgIpc) is 2.30. The van der Waals surface area contributed by atoms with Crippen LogP contribution in [0.15, 0.2) is 0 Å². The zero-order valence-electron chi connectivity index (χ0n) is 12.1. The third-order valence-corrected chi connectivity index (χ3v) is 3.02. The summed E-state index contributed by atoms with van der Waals surface area (Å²) in [7, 11) is 1.62. The number of hydrogen-bond acceptors (Lipinski definition) is 4. The molecule has 0 radical (unpaired) electrons. The Morgan fingerprint density at radius 3 is 2.44 bits per heavy atom. The summed E-state index contributed by atoms with van der Waals surface area (Å²) in [6, 6.07) is 0.362. The second-order valence-electron chi connectivity index (χ2n) is 4.59. The summed E-state index contributed by atoms with van der Waals surface area (Å²) in [6.45, 7) is 7.58. The van der Waals surface area contributed by atoms with Crippen molar-refractivity contribution in [2.75, 3.05) is 33.4 Å². The van der Waals surface area contributed by atoms with Crippen molar-refractivity contribution in [2.24, 2.45) is 0 Å². The molecule has 18 heavy (non-hydrogen) atoms. The zero-order chi connectivity index (χ0) is 14.0. The topological polar surface area (TPSA) is 61.8 Å². The second kappa shape index (κ2) is 10.3. The molecule has 0 saturated carbocycles. The zero-order valence-corrected chi connectivity index (χ0v) is 12.1. The lowest BCUT2D eigenvalue weighted by Crippen LogP contribution is -2.46. The molecule has 0 spiro atoms. The lowest BCUT2D eigenvalue weighted by molar-refractivity contribution is -0.123. The number of methoxy groups -OCH3 is 1. The minimum absolute atomic E-state index is 0.0140. The predicted molar refractivity (Wildman–Crippen MR) is 72.5 cm³/mol. The minimum Gasteiger partial charge on any atom is -0.395 e. The lowest BCUT2D eigenvalue weighted by atomic mass is 10.1. The fraction of sp³-hybridized carbons (Fsp3) is 0.923. The number of aliphatic hydroxyl groups is 1. The summed E-state index contributed by atoms with van der Waals surface area (Å²) in [5, 5.41) is 11.9. The molecule has 2 N–H and O–H groups in total. The SMILES string of the molecule is CCC(CC)N(CCO)CC(=O)NC(C)COC. The smallest absolute Gasteiger partial charge is 0.234 e. The number of ether oxygens (including phenoxy) is 1. The highest BCUT2D eigenvalue weighted by Crippen LogP contribution is 2.07. The van der Waals surface area contributed by atoms with Crippen molar-refractivity contribution in [3.63, 3.8) is 0 Å². The van der Waals surface area contributed by atoms with Crippen molar-refractivity contribution in [3.8, 4) is 0 Å². The van der Waals surface area contributed by atoms with Crippen molar-refractivity contribution >= 4 is 5.91 Å². The van der Waals surface area contributed by atoms with Crippen LogP contribution in [0.3, 0.4) is 0 Å². The Morgan fingerprint density at radius 2 is 2.00 bits per heavy atom. The molecule has 0 bridgehead atoms. The van der Waals surface area contributed by atoms with Gasteiger partial charge in [-0.3, -0.25) is 9.69 Å². The maximum absolute atomic E-state index is 11.9. The molecule has 0 fully saturated rings. The highest BCUT2D eigenvalue weighted by Gasteiger charge is 2.18. The van der Waals surface area contributed by atoms with Crippen molar-refractivity contribution in [3.05, 3.63) is 0 Å². The van der Waals surface area contributed by atoms with Crippen molar-refractivity contribution < 1.29 is 14.6 Å². The van der Waals surface area contributed by atoms with E-state index in [2.05, 4.69) is 19.2 Å². The van der Waals surface area contributed by atoms with Gasteiger partial charge in [0.15, 0.2) is 0 Å². The highest BCUT2D eigenvalue weighted by atomic mass is 16.5. The number of nitrogens with one attached hydrogen (secondary N) is 1. The van der Waals surface area contributed by atoms with Gasteiger partial charge >= 0.3 is 0 Å². The van der Waals surface area contributed by atoms with Crippen molar-refractivity contribution in [1.82, 2.24) is 10.2 Å². The number of rotatable bonds is 10. The van der Waals surface area contributed by atoms with Crippen LogP contribution in [0.5, 0.6) is 0 Å². The molecule has 108 valence electrons. The molecular weight excluding hydrogens is 232 g/mol. The van der Waals surface area contributed by atoms with Crippen LogP contribution in [0, 0.1) is 0 Å². The van der Waals surface area contributed by atoms with Crippen LogP contribution in [0.4, 0.5) is 0 Å². The third kappa shape index (κ3) is 6.93. The molecule has 1 atom stereocenters. The fourth-order valence-corrected chi connectivity index (χ4v) is 2.12. The predicted octanol–water partition coefficient (Wildman–Crippen LogP) is 0.620. The Labute approximate surface area is 110 Å². The molecule has 1 unspecified atom stereocenters. The van der Waals surface area contributed by atoms with Gasteiger partial charge in [-0.2, -0.15) is 0 Å². The fourth-order valence-electron chi connectivity index (χ4n) is 2.12. The molecule has 0 heterocycles. The maximum Gasteiger partial charge on any atom is 0.234 e. The van der Waals surface area contributed by atoms with Gasteiger partial charge in [0.1, 0.15) is 0 Å². The van der Waals surface area contributed by atoms with Crippen LogP contribution in [0.2, 0.25) is 0 Å². The highest BCUT2D eigenvalue weighted by molar-refractivity contribution is 5.78. The third-order valence-electron chi connectivity index (χ3n) is 3.02. The summed E-state index contributed by atoms with van der Waals surface area (Å²) in [4.78, 5) is 13.9. The number of nitrogens with zero attached hydrogens (tertiary/aromatic N) is 1. The number of carbonyl (C=O) groups is 1. The Balaban J connectivity index is 4.26. The van der Waals surface area contributed by atoms with Gasteiger partial charge in [-0.15, -0.1) is 0 Å². The van der Waals surface area contributed by atoms with E-state index in [1.165, 1.54) is 0 Å². The molecule has 0 aliphatic heterocycles. The molecule has 1 amide bonds. The summed E-state index contributed by atoms with van der Waals surface area (Å²) in [5.74, 6) is -0.0140. The van der Waals surface area contributed by atoms with E-state index in [0.717, 1.165) is 12.8 Å². The number of aliphatic hydroxyl groups excluding tert-OH is 1. The largest absolute Gasteiger partial charge is 0.395 e. The van der Waals surface area contributed by atoms with Gasteiger partial charge in [-0.1, -0.05) is 13.8 Å². The van der Waals surface area contributed by atoms with Crippen LogP contribution in [-0.4, -0.2) is 61.4 Å². The van der Waals surface area contributed by atoms with E-state index in [1.54, 1.807) is 7.11 Å². The summed E-state index contributed by atoms with van der Waals surface area (Å²) in [5.41, 5.74) is 0. The standard InChI is InChI=1S/C13H28N2O3/c1-5-12(6-2)15(7-8-16)9-13(17)14-11(3)10-18-4/h11-12,16H,5-10H2,1-4H3,(H,14,17). The molecule has 0 rings (SSSR count). The van der Waals surface area contributed by atoms with E-state index in [-0.39, 0.29) is 18.6 Å². The van der Waals surface area contributed by atoms with E-state index in [1.807, 2.05) is 11.8 Å². The Morgan fingerprint density at radius 1 is 1.39 bits per heavy atom. The molecule has 0 aromatic rings. The normalized spacial score (nSPS) is 13.1. The van der Waals surface area contributed by atoms with Gasteiger partial charge in [0.25, 0.3) is 0 Å². The second-order valence-corrected chi connectivity index (χ2v) is 4.59. The molecule has 0 saturated heterocycles. The van der Waals surface area contributed by atoms with Gasteiger partial charge in [0.05, 0.1) is 19.8 Å². The maximum atomic E-state index is 11.9. The van der Waals surface area contributed by atoms with Crippen LogP contribution in [0.25, 0.3) is 0 Å². The lowest BCUT2D eigenvalue weighted by Gasteiger charge is -2.29. The monoisotopic (exact) mass is 260 g/mol. The van der Waals surface area contributed by atoms with Crippen molar-refractivity contribution in [1.29, 1.82) is 0 Å². The van der Waals surface area contributed by atoms with Crippen molar-refractivity contribution in [2.45, 2.75) is 45.7 Å². The summed E-state index contributed by atoms with van der Waals surface area (Å²) >= 11 is 0. The van der Waals surface area contributed by atoms with E-state index >= 15 is 0 Å². The van der Waals surface area contributed by atoms with Gasteiger partial charge in [-0.05, 0) is 19.8 Å². The molecule has 0 aliphatic carbocycles. The molecular formula is C13H28N2O3. The van der Waals surface area contributed by atoms with E-state index in [0.29, 0.717) is 25.7 Å².